The fourth-order valence-electron chi connectivity index (χ4n) is 5.01. The molecule has 0 bridgehead atoms. The fourth-order valence-corrected chi connectivity index (χ4v) is 6.01. The third kappa shape index (κ3) is 3.53. The Hall–Kier alpha value is -3.70. The van der Waals surface area contributed by atoms with E-state index in [1.165, 1.54) is 28.0 Å². The Morgan fingerprint density at radius 2 is 1.74 bits per heavy atom. The van der Waals surface area contributed by atoms with Gasteiger partial charge in [-0.25, -0.2) is 4.99 Å². The van der Waals surface area contributed by atoms with Gasteiger partial charge in [0.05, 0.1) is 23.4 Å². The zero-order chi connectivity index (χ0) is 23.1. The number of methoxy groups -OCH3 is 1. The van der Waals surface area contributed by atoms with Crippen molar-refractivity contribution in [1.29, 1.82) is 0 Å². The number of aromatic nitrogens is 1. The topological polar surface area (TPSA) is 43.6 Å². The second-order valence-electron chi connectivity index (χ2n) is 8.65. The molecule has 6 rings (SSSR count). The summed E-state index contributed by atoms with van der Waals surface area (Å²) in [4.78, 5) is 19.6. The highest BCUT2D eigenvalue weighted by Crippen LogP contribution is 2.40. The molecule has 2 aliphatic rings. The minimum atomic E-state index is -0.179. The average molecular weight is 465 g/mol. The van der Waals surface area contributed by atoms with Gasteiger partial charge in [-0.2, -0.15) is 0 Å². The molecule has 1 aliphatic heterocycles. The molecule has 34 heavy (non-hydrogen) atoms. The molecule has 4 aromatic rings. The van der Waals surface area contributed by atoms with Crippen LogP contribution in [0.2, 0.25) is 0 Å². The fraction of sp³-hybridized carbons (Fsp3) is 0.172. The van der Waals surface area contributed by atoms with Crippen LogP contribution in [0.15, 0.2) is 94.2 Å². The summed E-state index contributed by atoms with van der Waals surface area (Å²) in [5, 5.41) is 0. The maximum atomic E-state index is 13.8. The molecule has 0 N–H and O–H groups in total. The monoisotopic (exact) mass is 464 g/mol. The summed E-state index contributed by atoms with van der Waals surface area (Å²) in [7, 11) is 1.67. The van der Waals surface area contributed by atoms with E-state index in [0.29, 0.717) is 4.53 Å². The van der Waals surface area contributed by atoms with Gasteiger partial charge in [-0.1, -0.05) is 78.1 Å². The van der Waals surface area contributed by atoms with Crippen molar-refractivity contribution in [3.05, 3.63) is 126 Å². The summed E-state index contributed by atoms with van der Waals surface area (Å²) in [6, 6.07) is 26.5. The summed E-state index contributed by atoms with van der Waals surface area (Å²) < 4.78 is 7.99. The summed E-state index contributed by atoms with van der Waals surface area (Å²) in [5.74, 6) is 0.806. The van der Waals surface area contributed by atoms with Crippen LogP contribution in [0.4, 0.5) is 0 Å². The lowest BCUT2D eigenvalue weighted by atomic mass is 9.91. The van der Waals surface area contributed by atoms with Crippen LogP contribution in [0, 0.1) is 0 Å². The quantitative estimate of drug-likeness (QED) is 0.441. The van der Waals surface area contributed by atoms with Crippen LogP contribution in [0.3, 0.4) is 0 Å². The zero-order valence-electron chi connectivity index (χ0n) is 18.9. The Balaban J connectivity index is 1.63. The number of hydrogen-bond donors (Lipinski definition) is 0. The summed E-state index contributed by atoms with van der Waals surface area (Å²) in [6.07, 6.45) is 4.93. The Labute approximate surface area is 201 Å². The minimum Gasteiger partial charge on any atom is -0.497 e. The van der Waals surface area contributed by atoms with Gasteiger partial charge in [0.1, 0.15) is 5.75 Å². The van der Waals surface area contributed by atoms with Crippen molar-refractivity contribution in [3.63, 3.8) is 0 Å². The van der Waals surface area contributed by atoms with Crippen molar-refractivity contribution in [3.8, 4) is 5.75 Å². The second kappa shape index (κ2) is 8.58. The third-order valence-corrected chi connectivity index (χ3v) is 7.61. The van der Waals surface area contributed by atoms with Crippen molar-refractivity contribution in [2.45, 2.75) is 25.3 Å². The van der Waals surface area contributed by atoms with Crippen LogP contribution in [0.5, 0.6) is 5.75 Å². The molecule has 0 amide bonds. The van der Waals surface area contributed by atoms with Gasteiger partial charge in [0.2, 0.25) is 0 Å². The van der Waals surface area contributed by atoms with Gasteiger partial charge >= 0.3 is 0 Å². The number of benzene rings is 3. The molecule has 1 unspecified atom stereocenters. The Morgan fingerprint density at radius 3 is 2.53 bits per heavy atom. The van der Waals surface area contributed by atoms with Crippen LogP contribution in [0.25, 0.3) is 11.8 Å². The molecule has 0 saturated heterocycles. The van der Waals surface area contributed by atoms with Gasteiger partial charge in [-0.15, -0.1) is 0 Å². The Morgan fingerprint density at radius 1 is 0.971 bits per heavy atom. The van der Waals surface area contributed by atoms with E-state index < -0.39 is 0 Å². The molecule has 0 radical (unpaired) electrons. The van der Waals surface area contributed by atoms with E-state index in [2.05, 4.69) is 36.4 Å². The molecule has 0 fully saturated rings. The first kappa shape index (κ1) is 20.9. The highest BCUT2D eigenvalue weighted by Gasteiger charge is 2.31. The molecule has 1 aliphatic carbocycles. The van der Waals surface area contributed by atoms with Crippen molar-refractivity contribution in [2.24, 2.45) is 4.99 Å². The maximum absolute atomic E-state index is 13.8. The normalized spacial score (nSPS) is 17.3. The minimum absolute atomic E-state index is 0.0116. The number of nitrogens with zero attached hydrogens (tertiary/aromatic N) is 2. The average Bonchev–Trinajstić information content (AvgIpc) is 3.07. The summed E-state index contributed by atoms with van der Waals surface area (Å²) in [5.41, 5.74) is 6.87. The van der Waals surface area contributed by atoms with Crippen LogP contribution < -0.4 is 19.6 Å². The smallest absolute Gasteiger partial charge is 0.271 e. The molecule has 2 heterocycles. The van der Waals surface area contributed by atoms with Gasteiger partial charge < -0.3 is 4.74 Å². The van der Waals surface area contributed by atoms with E-state index in [1.807, 2.05) is 53.1 Å². The van der Waals surface area contributed by atoms with Crippen LogP contribution in [-0.2, 0) is 6.42 Å². The Bertz CT molecular complexity index is 1580. The maximum Gasteiger partial charge on any atom is 0.271 e. The summed E-state index contributed by atoms with van der Waals surface area (Å²) in [6.45, 7) is 0. The van der Waals surface area contributed by atoms with Crippen molar-refractivity contribution in [2.75, 3.05) is 7.11 Å². The van der Waals surface area contributed by atoms with Gasteiger partial charge in [0.25, 0.3) is 5.56 Å². The predicted octanol–water partition coefficient (Wildman–Crippen LogP) is 4.72. The molecular weight excluding hydrogens is 440 g/mol. The van der Waals surface area contributed by atoms with Gasteiger partial charge in [0, 0.05) is 5.56 Å². The lowest BCUT2D eigenvalue weighted by Crippen LogP contribution is -2.38. The summed E-state index contributed by atoms with van der Waals surface area (Å²) >= 11 is 1.47. The van der Waals surface area contributed by atoms with Gasteiger partial charge in [0.15, 0.2) is 4.80 Å². The van der Waals surface area contributed by atoms with Crippen molar-refractivity contribution >= 4 is 23.1 Å². The lowest BCUT2D eigenvalue weighted by Gasteiger charge is -2.26. The van der Waals surface area contributed by atoms with Crippen molar-refractivity contribution in [1.82, 2.24) is 4.57 Å². The largest absolute Gasteiger partial charge is 0.497 e. The molecule has 3 aromatic carbocycles. The highest BCUT2D eigenvalue weighted by molar-refractivity contribution is 7.07. The number of thiazole rings is 1. The molecule has 1 atom stereocenters. The Kier molecular flexibility index (Phi) is 5.27. The molecule has 1 aromatic heterocycles. The third-order valence-electron chi connectivity index (χ3n) is 6.63. The molecule has 4 nitrogen and oxygen atoms in total. The predicted molar refractivity (Wildman–Crippen MR) is 137 cm³/mol. The first-order chi connectivity index (χ1) is 16.7. The molecule has 0 saturated carbocycles. The SMILES string of the molecule is COc1ccc(C2C3=C(N=c4s/c(=C\c5ccccc5)c(=O)n42)c2ccccc2CCC3)cc1. The van der Waals surface area contributed by atoms with E-state index in [0.717, 1.165) is 46.6 Å². The lowest BCUT2D eigenvalue weighted by molar-refractivity contribution is 0.414. The highest BCUT2D eigenvalue weighted by atomic mass is 32.1. The number of rotatable bonds is 3. The number of allylic oxidation sites excluding steroid dienone is 1. The first-order valence-corrected chi connectivity index (χ1v) is 12.4. The van der Waals surface area contributed by atoms with Gasteiger partial charge in [-0.3, -0.25) is 9.36 Å². The number of fused-ring (bicyclic) bond motifs is 3. The van der Waals surface area contributed by atoms with Crippen LogP contribution in [-0.4, -0.2) is 11.7 Å². The number of ether oxygens (including phenoxy) is 1. The van der Waals surface area contributed by atoms with Crippen molar-refractivity contribution < 1.29 is 4.74 Å². The second-order valence-corrected chi connectivity index (χ2v) is 9.66. The van der Waals surface area contributed by atoms with Crippen LogP contribution in [0.1, 0.15) is 41.1 Å². The van der Waals surface area contributed by atoms with Gasteiger partial charge in [-0.05, 0) is 59.7 Å². The van der Waals surface area contributed by atoms with E-state index in [1.54, 1.807) is 7.11 Å². The standard InChI is InChI=1S/C29H24N2O2S/c1-33-22-16-14-21(15-17-22)27-24-13-7-11-20-10-5-6-12-23(20)26(24)30-29-31(27)28(32)25(34-29)18-19-8-3-2-4-9-19/h2-6,8-10,12,14-18,27H,7,11,13H2,1H3/b25-18-. The van der Waals surface area contributed by atoms with E-state index in [-0.39, 0.29) is 11.6 Å². The molecule has 5 heteroatoms. The first-order valence-electron chi connectivity index (χ1n) is 11.5. The zero-order valence-corrected chi connectivity index (χ0v) is 19.7. The molecular formula is C29H24N2O2S. The molecule has 0 spiro atoms. The van der Waals surface area contributed by atoms with Crippen LogP contribution >= 0.6 is 11.3 Å². The number of hydrogen-bond acceptors (Lipinski definition) is 4. The van der Waals surface area contributed by atoms with E-state index in [4.69, 9.17) is 9.73 Å². The molecule has 168 valence electrons. The van der Waals surface area contributed by atoms with E-state index in [9.17, 15) is 4.79 Å². The van der Waals surface area contributed by atoms with E-state index >= 15 is 0 Å². The number of aryl methyl sites for hydroxylation is 1.